The summed E-state index contributed by atoms with van der Waals surface area (Å²) in [6.45, 7) is 9.92. The van der Waals surface area contributed by atoms with Crippen molar-refractivity contribution in [2.75, 3.05) is 0 Å². The third-order valence-electron chi connectivity index (χ3n) is 18.9. The van der Waals surface area contributed by atoms with Crippen LogP contribution < -0.4 is 0 Å². The largest absolute Gasteiger partial charge is 0.294 e. The van der Waals surface area contributed by atoms with E-state index in [9.17, 15) is 0 Å². The van der Waals surface area contributed by atoms with E-state index in [0.717, 1.165) is 95.4 Å². The second-order valence-corrected chi connectivity index (χ2v) is 21.8. The van der Waals surface area contributed by atoms with Crippen molar-refractivity contribution in [3.05, 3.63) is 0 Å². The molecule has 8 fully saturated rings. The van der Waals surface area contributed by atoms with Gasteiger partial charge in [-0.15, -0.1) is 0 Å². The zero-order valence-corrected chi connectivity index (χ0v) is 35.3. The third-order valence-corrected chi connectivity index (χ3v) is 18.9. The summed E-state index contributed by atoms with van der Waals surface area (Å²) in [6.07, 6.45) is 45.8. The zero-order chi connectivity index (χ0) is 35.6. The molecule has 8 saturated carbocycles. The smallest absolute Gasteiger partial charge is 0.0132 e. The van der Waals surface area contributed by atoms with Crippen LogP contribution in [-0.2, 0) is 0 Å². The fourth-order valence-electron chi connectivity index (χ4n) is 16.2. The molecule has 298 valence electrons. The van der Waals surface area contributed by atoms with Crippen LogP contribution in [0.15, 0.2) is 0 Å². The van der Waals surface area contributed by atoms with Crippen LogP contribution in [0.2, 0.25) is 0 Å². The number of unbranched alkanes of at least 4 members (excludes halogenated alkanes) is 2. The molecule has 8 aliphatic carbocycles. The van der Waals surface area contributed by atoms with E-state index in [1.54, 1.807) is 77.0 Å². The second-order valence-electron chi connectivity index (χ2n) is 21.8. The van der Waals surface area contributed by atoms with Gasteiger partial charge in [-0.25, -0.2) is 0 Å². The molecule has 0 N–H and O–H groups in total. The van der Waals surface area contributed by atoms with Crippen LogP contribution in [0, 0.1) is 59.2 Å². The average molecular weight is 717 g/mol. The van der Waals surface area contributed by atoms with Gasteiger partial charge in [-0.1, -0.05) is 66.2 Å². The summed E-state index contributed by atoms with van der Waals surface area (Å²) in [5.74, 6) is 10.3. The molecule has 0 bridgehead atoms. The Balaban J connectivity index is 1.03. The fourth-order valence-corrected chi connectivity index (χ4v) is 16.2. The highest BCUT2D eigenvalue weighted by molar-refractivity contribution is 5.10. The van der Waals surface area contributed by atoms with E-state index >= 15 is 0 Å². The lowest BCUT2D eigenvalue weighted by atomic mass is 9.46. The van der Waals surface area contributed by atoms with Gasteiger partial charge in [-0.3, -0.25) is 9.80 Å². The maximum absolute atomic E-state index is 3.40. The van der Waals surface area contributed by atoms with Gasteiger partial charge in [0.05, 0.1) is 0 Å². The quantitative estimate of drug-likeness (QED) is 0.198. The summed E-state index contributed by atoms with van der Waals surface area (Å²) in [4.78, 5) is 6.80. The van der Waals surface area contributed by atoms with Crippen LogP contribution >= 0.6 is 0 Å². The van der Waals surface area contributed by atoms with Crippen LogP contribution in [0.4, 0.5) is 0 Å². The first-order chi connectivity index (χ1) is 25.5. The summed E-state index contributed by atoms with van der Waals surface area (Å²) < 4.78 is 0. The molecule has 0 spiro atoms. The predicted molar refractivity (Wildman–Crippen MR) is 223 cm³/mol. The predicted octanol–water partition coefficient (Wildman–Crippen LogP) is 13.9. The van der Waals surface area contributed by atoms with Crippen molar-refractivity contribution in [3.63, 3.8) is 0 Å². The Morgan fingerprint density at radius 2 is 0.692 bits per heavy atom. The van der Waals surface area contributed by atoms with Crippen molar-refractivity contribution < 1.29 is 0 Å². The summed E-state index contributed by atoms with van der Waals surface area (Å²) >= 11 is 0. The van der Waals surface area contributed by atoms with E-state index in [1.807, 2.05) is 0 Å². The first-order valence-electron chi connectivity index (χ1n) is 25.1. The highest BCUT2D eigenvalue weighted by atomic mass is 15.2. The van der Waals surface area contributed by atoms with Gasteiger partial charge >= 0.3 is 0 Å². The van der Waals surface area contributed by atoms with Gasteiger partial charge in [0.2, 0.25) is 0 Å². The van der Waals surface area contributed by atoms with Crippen LogP contribution in [-0.4, -0.2) is 46.1 Å². The molecule has 52 heavy (non-hydrogen) atoms. The van der Waals surface area contributed by atoms with Crippen LogP contribution in [0.3, 0.4) is 0 Å². The Morgan fingerprint density at radius 3 is 1.04 bits per heavy atom. The lowest BCUT2D eigenvalue weighted by Gasteiger charge is -2.64. The fraction of sp³-hybridized carbons (Fsp3) is 1.00. The average Bonchev–Trinajstić information content (AvgIpc) is 3.18. The lowest BCUT2D eigenvalue weighted by molar-refractivity contribution is -0.150. The minimum absolute atomic E-state index is 0.905. The molecule has 8 aliphatic rings. The number of rotatable bonds is 12. The van der Waals surface area contributed by atoms with Gasteiger partial charge in [-0.05, 0) is 213 Å². The van der Waals surface area contributed by atoms with Crippen LogP contribution in [0.5, 0.6) is 0 Å². The van der Waals surface area contributed by atoms with Crippen molar-refractivity contribution in [2.24, 2.45) is 59.2 Å². The van der Waals surface area contributed by atoms with E-state index in [-0.39, 0.29) is 0 Å². The molecular formula is C50H88N2. The highest BCUT2D eigenvalue weighted by Crippen LogP contribution is 2.62. The molecule has 0 heterocycles. The topological polar surface area (TPSA) is 6.48 Å². The molecule has 8 rings (SSSR count). The number of hydrogen-bond donors (Lipinski definition) is 0. The normalized spacial score (nSPS) is 47.0. The maximum Gasteiger partial charge on any atom is 0.0132 e. The van der Waals surface area contributed by atoms with Gasteiger partial charge in [0.1, 0.15) is 0 Å². The second kappa shape index (κ2) is 18.0. The van der Waals surface area contributed by atoms with E-state index in [1.165, 1.54) is 116 Å². The lowest BCUT2D eigenvalue weighted by Crippen LogP contribution is -2.64. The third kappa shape index (κ3) is 8.31. The molecule has 2 heteroatoms. The first kappa shape index (κ1) is 38.8. The van der Waals surface area contributed by atoms with Crippen molar-refractivity contribution in [1.29, 1.82) is 0 Å². The number of nitrogens with zero attached hydrogens (tertiary/aromatic N) is 2. The van der Waals surface area contributed by atoms with E-state index in [0.29, 0.717) is 0 Å². The molecule has 0 amide bonds. The zero-order valence-electron chi connectivity index (χ0n) is 35.3. The van der Waals surface area contributed by atoms with E-state index in [2.05, 4.69) is 37.5 Å². The van der Waals surface area contributed by atoms with Crippen molar-refractivity contribution in [2.45, 2.75) is 257 Å². The van der Waals surface area contributed by atoms with Gasteiger partial charge in [0.25, 0.3) is 0 Å². The van der Waals surface area contributed by atoms with Crippen molar-refractivity contribution in [1.82, 2.24) is 9.80 Å². The Hall–Kier alpha value is -0.0800. The first-order valence-corrected chi connectivity index (χ1v) is 25.1. The Labute approximate surface area is 324 Å². The Morgan fingerprint density at radius 1 is 0.365 bits per heavy atom. The minimum atomic E-state index is 0.905. The molecule has 8 unspecified atom stereocenters. The molecule has 0 saturated heterocycles. The summed E-state index contributed by atoms with van der Waals surface area (Å²) in [6, 6.07) is 5.47. The van der Waals surface area contributed by atoms with Gasteiger partial charge in [-0.2, -0.15) is 0 Å². The SMILES string of the molecule is CCCCC1CCC(N(C2CCC(C)CC2)C2CCC3CCC4C5C(CCC2C35)CCC4N(C2CCC(C)CC2)C2CCC(CCCC)CC2)CC1. The van der Waals surface area contributed by atoms with E-state index < -0.39 is 0 Å². The van der Waals surface area contributed by atoms with Crippen molar-refractivity contribution in [3.8, 4) is 0 Å². The van der Waals surface area contributed by atoms with Gasteiger partial charge in [0, 0.05) is 36.3 Å². The monoisotopic (exact) mass is 717 g/mol. The van der Waals surface area contributed by atoms with Crippen LogP contribution in [0.1, 0.15) is 220 Å². The summed E-state index contributed by atoms with van der Waals surface area (Å²) in [5.41, 5.74) is 0. The Bertz CT molecular complexity index is 970. The molecule has 2 nitrogen and oxygen atoms in total. The minimum Gasteiger partial charge on any atom is -0.294 e. The van der Waals surface area contributed by atoms with E-state index in [4.69, 9.17) is 0 Å². The van der Waals surface area contributed by atoms with Crippen molar-refractivity contribution >= 4 is 0 Å². The number of hydrogen-bond acceptors (Lipinski definition) is 2. The standard InChI is InChI=1S/C50H88N2/c1-5-7-9-37-15-27-43(28-16-37)51(41-23-11-35(3)12-24-41)47-33-21-39-20-32-46-48(34-22-40-19-31-45(47)49(39)50(40)46)52(42-25-13-36(4)14-26-42)44-29-17-38(18-30-44)10-8-6-2/h35-50H,5-34H2,1-4H3. The van der Waals surface area contributed by atoms with Gasteiger partial charge in [0.15, 0.2) is 0 Å². The Kier molecular flexibility index (Phi) is 13.4. The summed E-state index contributed by atoms with van der Waals surface area (Å²) in [5, 5.41) is 0. The highest BCUT2D eigenvalue weighted by Gasteiger charge is 2.58. The molecule has 0 radical (unpaired) electrons. The molecule has 0 aromatic carbocycles. The maximum atomic E-state index is 3.40. The van der Waals surface area contributed by atoms with Crippen LogP contribution in [0.25, 0.3) is 0 Å². The molecule has 8 atom stereocenters. The molecular weight excluding hydrogens is 629 g/mol. The molecule has 0 aromatic rings. The summed E-state index contributed by atoms with van der Waals surface area (Å²) in [7, 11) is 0. The molecule has 0 aromatic heterocycles. The van der Waals surface area contributed by atoms with Gasteiger partial charge < -0.3 is 0 Å². The molecule has 0 aliphatic heterocycles.